The molecule has 1 aromatic carbocycles. The average Bonchev–Trinajstić information content (AvgIpc) is 2.90. The van der Waals surface area contributed by atoms with E-state index >= 15 is 0 Å². The second-order valence-corrected chi connectivity index (χ2v) is 6.42. The molecule has 2 rings (SSSR count). The number of hydrogen-bond donors (Lipinski definition) is 1. The van der Waals surface area contributed by atoms with E-state index in [4.69, 9.17) is 10.5 Å². The van der Waals surface area contributed by atoms with Crippen molar-refractivity contribution in [1.29, 1.82) is 0 Å². The maximum atomic E-state index is 12.5. The molecule has 6 heteroatoms. The Kier molecular flexibility index (Phi) is 5.01. The van der Waals surface area contributed by atoms with Gasteiger partial charge in [0.2, 0.25) is 0 Å². The zero-order valence-electron chi connectivity index (χ0n) is 12.6. The maximum absolute atomic E-state index is 12.5. The molecule has 1 unspecified atom stereocenters. The highest BCUT2D eigenvalue weighted by molar-refractivity contribution is 7.84. The number of aromatic nitrogens is 2. The maximum Gasteiger partial charge on any atom is 0.120 e. The molecule has 0 aliphatic heterocycles. The average molecular weight is 307 g/mol. The fraction of sp³-hybridized carbons (Fsp3) is 0.400. The number of nitrogens with two attached hydrogens (primary N) is 1. The van der Waals surface area contributed by atoms with Crippen LogP contribution in [0.15, 0.2) is 35.4 Å². The summed E-state index contributed by atoms with van der Waals surface area (Å²) in [6, 6.07) is 7.44. The van der Waals surface area contributed by atoms with Gasteiger partial charge in [-0.2, -0.15) is 5.10 Å². The normalized spacial score (nSPS) is 12.6. The molecule has 1 aromatic heterocycles. The zero-order valence-corrected chi connectivity index (χ0v) is 13.4. The molecule has 0 bridgehead atoms. The van der Waals surface area contributed by atoms with E-state index in [-0.39, 0.29) is 0 Å². The molecular weight excluding hydrogens is 286 g/mol. The molecular formula is C15H21N3O2S. The molecule has 0 saturated carbocycles. The van der Waals surface area contributed by atoms with Crippen LogP contribution in [0.3, 0.4) is 0 Å². The summed E-state index contributed by atoms with van der Waals surface area (Å²) in [4.78, 5) is 0.597. The van der Waals surface area contributed by atoms with Crippen molar-refractivity contribution >= 4 is 16.5 Å². The van der Waals surface area contributed by atoms with Crippen LogP contribution < -0.4 is 10.5 Å². The summed E-state index contributed by atoms with van der Waals surface area (Å²) in [5.41, 5.74) is 7.23. The Morgan fingerprint density at radius 1 is 1.38 bits per heavy atom. The van der Waals surface area contributed by atoms with E-state index in [1.54, 1.807) is 18.2 Å². The number of rotatable bonds is 6. The van der Waals surface area contributed by atoms with Gasteiger partial charge in [0.25, 0.3) is 0 Å². The number of ether oxygens (including phenoxy) is 1. The first-order valence-corrected chi connectivity index (χ1v) is 8.28. The van der Waals surface area contributed by atoms with Gasteiger partial charge in [-0.25, -0.2) is 0 Å². The van der Waals surface area contributed by atoms with Crippen molar-refractivity contribution in [3.05, 3.63) is 36.2 Å². The van der Waals surface area contributed by atoms with Crippen LogP contribution in [0.25, 0.3) is 0 Å². The second-order valence-electron chi connectivity index (χ2n) is 5.00. The molecule has 5 nitrogen and oxygen atoms in total. The molecule has 114 valence electrons. The van der Waals surface area contributed by atoms with Gasteiger partial charge in [-0.1, -0.05) is 0 Å². The van der Waals surface area contributed by atoms with Gasteiger partial charge in [-0.3, -0.25) is 8.89 Å². The van der Waals surface area contributed by atoms with Crippen molar-refractivity contribution in [2.75, 3.05) is 12.3 Å². The van der Waals surface area contributed by atoms with E-state index in [1.165, 1.54) is 0 Å². The first kappa shape index (κ1) is 15.6. The van der Waals surface area contributed by atoms with Crippen molar-refractivity contribution in [2.45, 2.75) is 37.5 Å². The SMILES string of the molecule is CCOc1ccc(N)c(S(=O)Cc2ccn(C(C)C)n2)c1. The summed E-state index contributed by atoms with van der Waals surface area (Å²) in [6.45, 7) is 6.58. The molecule has 0 spiro atoms. The van der Waals surface area contributed by atoms with E-state index in [2.05, 4.69) is 18.9 Å². The van der Waals surface area contributed by atoms with Gasteiger partial charge in [0.1, 0.15) is 5.75 Å². The first-order valence-electron chi connectivity index (χ1n) is 6.96. The fourth-order valence-electron chi connectivity index (χ4n) is 1.92. The molecule has 2 aromatic rings. The molecule has 0 radical (unpaired) electrons. The zero-order chi connectivity index (χ0) is 15.4. The molecule has 0 saturated heterocycles. The third-order valence-corrected chi connectivity index (χ3v) is 4.42. The number of hydrogen-bond acceptors (Lipinski definition) is 4. The van der Waals surface area contributed by atoms with Crippen LogP contribution in [0, 0.1) is 0 Å². The van der Waals surface area contributed by atoms with Crippen LogP contribution in [0.2, 0.25) is 0 Å². The van der Waals surface area contributed by atoms with Gasteiger partial charge in [-0.15, -0.1) is 0 Å². The van der Waals surface area contributed by atoms with Crippen LogP contribution in [0.4, 0.5) is 5.69 Å². The van der Waals surface area contributed by atoms with Crippen molar-refractivity contribution in [2.24, 2.45) is 0 Å². The summed E-state index contributed by atoms with van der Waals surface area (Å²) < 4.78 is 19.8. The Bertz CT molecular complexity index is 638. The molecule has 0 aliphatic rings. The van der Waals surface area contributed by atoms with E-state index < -0.39 is 10.8 Å². The molecule has 0 aliphatic carbocycles. The topological polar surface area (TPSA) is 70.1 Å². The minimum Gasteiger partial charge on any atom is -0.494 e. The molecule has 1 heterocycles. The van der Waals surface area contributed by atoms with Gasteiger partial charge in [0.15, 0.2) is 0 Å². The lowest BCUT2D eigenvalue weighted by Crippen LogP contribution is -2.05. The van der Waals surface area contributed by atoms with E-state index in [1.807, 2.05) is 23.9 Å². The Balaban J connectivity index is 2.17. The van der Waals surface area contributed by atoms with Gasteiger partial charge < -0.3 is 10.5 Å². The highest BCUT2D eigenvalue weighted by Gasteiger charge is 2.12. The Morgan fingerprint density at radius 2 is 2.14 bits per heavy atom. The van der Waals surface area contributed by atoms with E-state index in [0.717, 1.165) is 5.69 Å². The lowest BCUT2D eigenvalue weighted by atomic mass is 10.3. The third-order valence-electron chi connectivity index (χ3n) is 3.01. The number of nitrogens with zero attached hydrogens (tertiary/aromatic N) is 2. The van der Waals surface area contributed by atoms with Gasteiger partial charge >= 0.3 is 0 Å². The minimum absolute atomic E-state index is 0.290. The van der Waals surface area contributed by atoms with E-state index in [0.29, 0.717) is 34.7 Å². The summed E-state index contributed by atoms with van der Waals surface area (Å²) in [6.07, 6.45) is 1.90. The minimum atomic E-state index is -1.24. The highest BCUT2D eigenvalue weighted by Crippen LogP contribution is 2.24. The standard InChI is InChI=1S/C15H21N3O2S/c1-4-20-13-5-6-14(16)15(9-13)21(19)10-12-7-8-18(17-12)11(2)3/h5-9,11H,4,10,16H2,1-3H3. The summed E-state index contributed by atoms with van der Waals surface area (Å²) in [5, 5.41) is 4.42. The molecule has 0 amide bonds. The number of anilines is 1. The Hall–Kier alpha value is -1.82. The number of nitrogen functional groups attached to an aromatic ring is 1. The highest BCUT2D eigenvalue weighted by atomic mass is 32.2. The Labute approximate surface area is 127 Å². The summed E-state index contributed by atoms with van der Waals surface area (Å²) in [5.74, 6) is 1.03. The fourth-order valence-corrected chi connectivity index (χ4v) is 3.08. The smallest absolute Gasteiger partial charge is 0.120 e. The van der Waals surface area contributed by atoms with Crippen LogP contribution in [0.5, 0.6) is 5.75 Å². The Morgan fingerprint density at radius 3 is 2.76 bits per heavy atom. The monoisotopic (exact) mass is 307 g/mol. The van der Waals surface area contributed by atoms with Crippen molar-refractivity contribution in [3.63, 3.8) is 0 Å². The van der Waals surface area contributed by atoms with Crippen LogP contribution in [0.1, 0.15) is 32.5 Å². The van der Waals surface area contributed by atoms with Crippen molar-refractivity contribution in [3.8, 4) is 5.75 Å². The van der Waals surface area contributed by atoms with E-state index in [9.17, 15) is 4.21 Å². The molecule has 2 N–H and O–H groups in total. The quantitative estimate of drug-likeness (QED) is 0.833. The van der Waals surface area contributed by atoms with Gasteiger partial charge in [0.05, 0.1) is 33.7 Å². The predicted octanol–water partition coefficient (Wildman–Crippen LogP) is 2.75. The summed E-state index contributed by atoms with van der Waals surface area (Å²) in [7, 11) is -1.24. The lowest BCUT2D eigenvalue weighted by Gasteiger charge is -2.08. The molecule has 0 fully saturated rings. The van der Waals surface area contributed by atoms with Crippen LogP contribution in [-0.4, -0.2) is 20.6 Å². The molecule has 1 atom stereocenters. The van der Waals surface area contributed by atoms with Crippen molar-refractivity contribution in [1.82, 2.24) is 9.78 Å². The van der Waals surface area contributed by atoms with Gasteiger partial charge in [0, 0.05) is 17.9 Å². The largest absolute Gasteiger partial charge is 0.494 e. The lowest BCUT2D eigenvalue weighted by molar-refractivity contribution is 0.339. The number of benzene rings is 1. The summed E-state index contributed by atoms with van der Waals surface area (Å²) >= 11 is 0. The van der Waals surface area contributed by atoms with Crippen molar-refractivity contribution < 1.29 is 8.95 Å². The third kappa shape index (κ3) is 3.85. The second kappa shape index (κ2) is 6.76. The molecule has 21 heavy (non-hydrogen) atoms. The van der Waals surface area contributed by atoms with Crippen LogP contribution >= 0.6 is 0 Å². The van der Waals surface area contributed by atoms with Gasteiger partial charge in [-0.05, 0) is 45.0 Å². The predicted molar refractivity (Wildman–Crippen MR) is 84.7 cm³/mol. The van der Waals surface area contributed by atoms with Crippen LogP contribution in [-0.2, 0) is 16.6 Å². The first-order chi connectivity index (χ1) is 10.0.